The molecular formula is C14H20O2. The minimum atomic E-state index is 0.0412. The van der Waals surface area contributed by atoms with Crippen LogP contribution < -0.4 is 0 Å². The van der Waals surface area contributed by atoms with E-state index in [9.17, 15) is 4.79 Å². The molecule has 3 aliphatic rings. The number of carbonyl (C=O) groups excluding carboxylic acids is 1. The van der Waals surface area contributed by atoms with Gasteiger partial charge in [0.25, 0.3) is 0 Å². The number of hydrogen-bond donors (Lipinski definition) is 0. The van der Waals surface area contributed by atoms with Gasteiger partial charge in [0.05, 0.1) is 13.0 Å². The summed E-state index contributed by atoms with van der Waals surface area (Å²) >= 11 is 0. The molecule has 2 saturated carbocycles. The molecule has 1 unspecified atom stereocenters. The van der Waals surface area contributed by atoms with Gasteiger partial charge in [0.2, 0.25) is 0 Å². The standard InChI is InChI=1S/C14H20O2/c1-3-4-7-14-10-6-5-9(8-10)11(14)12(14)13(15)16-2/h5-6,9-12H,3-4,7-8H2,1-2H3/t9-,10+,11+,12?,14+/m0/s1. The fourth-order valence-corrected chi connectivity index (χ4v) is 4.49. The van der Waals surface area contributed by atoms with Crippen molar-refractivity contribution in [3.05, 3.63) is 12.2 Å². The molecule has 0 aromatic heterocycles. The van der Waals surface area contributed by atoms with E-state index in [0.717, 1.165) is 0 Å². The Kier molecular flexibility index (Phi) is 2.17. The Balaban J connectivity index is 1.83. The third-order valence-corrected chi connectivity index (χ3v) is 5.14. The lowest BCUT2D eigenvalue weighted by Gasteiger charge is -2.21. The first-order valence-electron chi connectivity index (χ1n) is 6.52. The van der Waals surface area contributed by atoms with Crippen LogP contribution in [0, 0.1) is 29.1 Å². The minimum absolute atomic E-state index is 0.0412. The zero-order chi connectivity index (χ0) is 11.3. The highest BCUT2D eigenvalue weighted by molar-refractivity contribution is 5.79. The van der Waals surface area contributed by atoms with Gasteiger partial charge in [0.15, 0.2) is 0 Å². The maximum atomic E-state index is 11.8. The number of esters is 1. The molecule has 0 N–H and O–H groups in total. The van der Waals surface area contributed by atoms with Crippen LogP contribution >= 0.6 is 0 Å². The molecule has 0 aromatic carbocycles. The van der Waals surface area contributed by atoms with Crippen molar-refractivity contribution in [3.8, 4) is 0 Å². The van der Waals surface area contributed by atoms with Crippen molar-refractivity contribution < 1.29 is 9.53 Å². The van der Waals surface area contributed by atoms with Crippen LogP contribution in [-0.2, 0) is 9.53 Å². The molecular weight excluding hydrogens is 200 g/mol. The first-order chi connectivity index (χ1) is 7.75. The fraction of sp³-hybridized carbons (Fsp3) is 0.786. The highest BCUT2D eigenvalue weighted by atomic mass is 16.5. The maximum absolute atomic E-state index is 11.8. The second kappa shape index (κ2) is 3.35. The molecule has 5 atom stereocenters. The van der Waals surface area contributed by atoms with Crippen LogP contribution in [0.15, 0.2) is 12.2 Å². The molecule has 88 valence electrons. The van der Waals surface area contributed by atoms with Gasteiger partial charge in [0, 0.05) is 0 Å². The summed E-state index contributed by atoms with van der Waals surface area (Å²) in [5, 5.41) is 0. The van der Waals surface area contributed by atoms with Crippen LogP contribution in [-0.4, -0.2) is 13.1 Å². The third kappa shape index (κ3) is 1.05. The molecule has 0 amide bonds. The molecule has 3 rings (SSSR count). The lowest BCUT2D eigenvalue weighted by atomic mass is 9.83. The third-order valence-electron chi connectivity index (χ3n) is 5.14. The van der Waals surface area contributed by atoms with Gasteiger partial charge in [-0.25, -0.2) is 0 Å². The number of ether oxygens (including phenoxy) is 1. The Morgan fingerprint density at radius 1 is 1.50 bits per heavy atom. The summed E-state index contributed by atoms with van der Waals surface area (Å²) in [5.74, 6) is 2.20. The van der Waals surface area contributed by atoms with E-state index in [2.05, 4.69) is 19.1 Å². The molecule has 0 aromatic rings. The fourth-order valence-electron chi connectivity index (χ4n) is 4.49. The van der Waals surface area contributed by atoms with E-state index < -0.39 is 0 Å². The summed E-state index contributed by atoms with van der Waals surface area (Å²) in [6.45, 7) is 2.23. The average molecular weight is 220 g/mol. The molecule has 16 heavy (non-hydrogen) atoms. The molecule has 2 bridgehead atoms. The van der Waals surface area contributed by atoms with Gasteiger partial charge in [-0.15, -0.1) is 0 Å². The molecule has 2 heteroatoms. The van der Waals surface area contributed by atoms with Gasteiger partial charge in [-0.3, -0.25) is 4.79 Å². The first-order valence-corrected chi connectivity index (χ1v) is 6.52. The summed E-state index contributed by atoms with van der Waals surface area (Å²) in [4.78, 5) is 11.8. The Morgan fingerprint density at radius 3 is 3.00 bits per heavy atom. The van der Waals surface area contributed by atoms with Crippen LogP contribution in [0.2, 0.25) is 0 Å². The molecule has 0 radical (unpaired) electrons. The Bertz CT molecular complexity index is 347. The van der Waals surface area contributed by atoms with Crippen molar-refractivity contribution in [2.45, 2.75) is 32.6 Å². The van der Waals surface area contributed by atoms with Crippen LogP contribution in [0.1, 0.15) is 32.6 Å². The zero-order valence-corrected chi connectivity index (χ0v) is 10.1. The number of allylic oxidation sites excluding steroid dienone is 2. The van der Waals surface area contributed by atoms with Gasteiger partial charge in [0.1, 0.15) is 0 Å². The quantitative estimate of drug-likeness (QED) is 0.538. The van der Waals surface area contributed by atoms with Crippen LogP contribution in [0.4, 0.5) is 0 Å². The largest absolute Gasteiger partial charge is 0.469 e. The van der Waals surface area contributed by atoms with Gasteiger partial charge in [-0.1, -0.05) is 31.9 Å². The van der Waals surface area contributed by atoms with Crippen molar-refractivity contribution in [3.63, 3.8) is 0 Å². The molecule has 0 aliphatic heterocycles. The molecule has 0 saturated heterocycles. The number of unbranched alkanes of at least 4 members (excludes halogenated alkanes) is 1. The summed E-state index contributed by atoms with van der Waals surface area (Å²) in [5.41, 5.74) is 0.308. The predicted molar refractivity (Wildman–Crippen MR) is 61.7 cm³/mol. The Hall–Kier alpha value is -0.790. The predicted octanol–water partition coefficient (Wildman–Crippen LogP) is 2.79. The summed E-state index contributed by atoms with van der Waals surface area (Å²) in [7, 11) is 1.53. The number of carbonyl (C=O) groups is 1. The number of fused-ring (bicyclic) bond motifs is 5. The van der Waals surface area contributed by atoms with Crippen molar-refractivity contribution in [1.82, 2.24) is 0 Å². The second-order valence-electron chi connectivity index (χ2n) is 5.63. The lowest BCUT2D eigenvalue weighted by Crippen LogP contribution is -2.19. The van der Waals surface area contributed by atoms with Gasteiger partial charge < -0.3 is 4.74 Å². The van der Waals surface area contributed by atoms with E-state index >= 15 is 0 Å². The van der Waals surface area contributed by atoms with E-state index in [1.807, 2.05) is 0 Å². The maximum Gasteiger partial charge on any atom is 0.309 e. The highest BCUT2D eigenvalue weighted by Gasteiger charge is 2.77. The van der Waals surface area contributed by atoms with Gasteiger partial charge >= 0.3 is 5.97 Å². The van der Waals surface area contributed by atoms with E-state index in [1.54, 1.807) is 0 Å². The minimum Gasteiger partial charge on any atom is -0.469 e. The first kappa shape index (κ1) is 10.4. The van der Waals surface area contributed by atoms with Crippen molar-refractivity contribution in [1.29, 1.82) is 0 Å². The average Bonchev–Trinajstić information content (AvgIpc) is 2.65. The van der Waals surface area contributed by atoms with Gasteiger partial charge in [-0.2, -0.15) is 0 Å². The topological polar surface area (TPSA) is 26.3 Å². The number of methoxy groups -OCH3 is 1. The Morgan fingerprint density at radius 2 is 2.31 bits per heavy atom. The lowest BCUT2D eigenvalue weighted by molar-refractivity contribution is -0.144. The van der Waals surface area contributed by atoms with Crippen molar-refractivity contribution in [2.75, 3.05) is 7.11 Å². The molecule has 3 aliphatic carbocycles. The smallest absolute Gasteiger partial charge is 0.309 e. The van der Waals surface area contributed by atoms with Gasteiger partial charge in [-0.05, 0) is 36.0 Å². The van der Waals surface area contributed by atoms with Crippen LogP contribution in [0.5, 0.6) is 0 Å². The molecule has 0 heterocycles. The normalized spacial score (nSPS) is 46.9. The van der Waals surface area contributed by atoms with Crippen molar-refractivity contribution >= 4 is 5.97 Å². The van der Waals surface area contributed by atoms with Crippen LogP contribution in [0.25, 0.3) is 0 Å². The van der Waals surface area contributed by atoms with E-state index in [-0.39, 0.29) is 11.9 Å². The molecule has 0 spiro atoms. The SMILES string of the molecule is CCCC[C@]12C(C(=O)OC)[C@H]1[C@H]1C=C[C@@H]2C1. The van der Waals surface area contributed by atoms with Crippen LogP contribution in [0.3, 0.4) is 0 Å². The summed E-state index contributed by atoms with van der Waals surface area (Å²) in [6, 6.07) is 0. The zero-order valence-electron chi connectivity index (χ0n) is 10.1. The van der Waals surface area contributed by atoms with E-state index in [4.69, 9.17) is 4.74 Å². The molecule has 2 fully saturated rings. The van der Waals surface area contributed by atoms with E-state index in [0.29, 0.717) is 23.2 Å². The number of rotatable bonds is 4. The van der Waals surface area contributed by atoms with Crippen molar-refractivity contribution in [2.24, 2.45) is 29.1 Å². The second-order valence-corrected chi connectivity index (χ2v) is 5.63. The monoisotopic (exact) mass is 220 g/mol. The van der Waals surface area contributed by atoms with E-state index in [1.165, 1.54) is 32.8 Å². The summed E-state index contributed by atoms with van der Waals surface area (Å²) in [6.07, 6.45) is 9.69. The number of hydrogen-bond acceptors (Lipinski definition) is 2. The Labute approximate surface area is 97.1 Å². The molecule has 2 nitrogen and oxygen atoms in total. The highest BCUT2D eigenvalue weighted by Crippen LogP contribution is 2.78. The summed E-state index contributed by atoms with van der Waals surface area (Å²) < 4.78 is 4.97.